The number of para-hydroxylation sites is 2. The minimum atomic E-state index is -2.93. The summed E-state index contributed by atoms with van der Waals surface area (Å²) in [5.74, 6) is 1.06. The molecule has 3 heterocycles. The molecule has 3 aromatic rings. The van der Waals surface area contributed by atoms with Gasteiger partial charge in [0.1, 0.15) is 11.4 Å². The maximum absolute atomic E-state index is 13.7. The predicted molar refractivity (Wildman–Crippen MR) is 130 cm³/mol. The molecule has 0 bridgehead atoms. The quantitative estimate of drug-likeness (QED) is 0.558. The van der Waals surface area contributed by atoms with Crippen molar-refractivity contribution in [2.45, 2.75) is 12.5 Å². The van der Waals surface area contributed by atoms with Crippen molar-refractivity contribution in [3.63, 3.8) is 0 Å². The molecule has 0 saturated carbocycles. The summed E-state index contributed by atoms with van der Waals surface area (Å²) in [4.78, 5) is 17.7. The highest BCUT2D eigenvalue weighted by atomic mass is 32.2. The number of carbonyl (C=O) groups excluding carboxylic acids is 1. The number of piperazine rings is 1. The number of hydrogen-bond donors (Lipinski definition) is 0. The second-order valence-electron chi connectivity index (χ2n) is 8.76. The summed E-state index contributed by atoms with van der Waals surface area (Å²) >= 11 is 0. The van der Waals surface area contributed by atoms with Gasteiger partial charge in [-0.15, -0.1) is 0 Å². The lowest BCUT2D eigenvalue weighted by Gasteiger charge is -2.37. The van der Waals surface area contributed by atoms with E-state index >= 15 is 0 Å². The standard InChI is InChI=1S/C25H28N4O4S/c1-33-23-10-6-5-9-21(23)24-22(17-29(26-24)19-7-3-2-4-8-19)25(30)28-14-12-27(13-15-28)20-11-16-34(31,32)18-20/h2-10,17,20H,11-16,18H2,1H3/t20-/m1/s1. The molecular weight excluding hydrogens is 452 g/mol. The van der Waals surface area contributed by atoms with E-state index < -0.39 is 9.84 Å². The Labute approximate surface area is 199 Å². The van der Waals surface area contributed by atoms with Gasteiger partial charge in [0.15, 0.2) is 9.84 Å². The Bertz CT molecular complexity index is 1280. The van der Waals surface area contributed by atoms with Crippen molar-refractivity contribution in [2.75, 3.05) is 44.8 Å². The molecule has 0 N–H and O–H groups in total. The van der Waals surface area contributed by atoms with Crippen LogP contribution in [0.15, 0.2) is 60.8 Å². The number of ether oxygens (including phenoxy) is 1. The number of nitrogens with zero attached hydrogens (tertiary/aromatic N) is 4. The van der Waals surface area contributed by atoms with Crippen LogP contribution in [0.3, 0.4) is 0 Å². The van der Waals surface area contributed by atoms with Gasteiger partial charge in [-0.05, 0) is 30.7 Å². The Morgan fingerprint density at radius 3 is 2.38 bits per heavy atom. The second kappa shape index (κ2) is 9.23. The molecule has 8 nitrogen and oxygen atoms in total. The van der Waals surface area contributed by atoms with E-state index in [2.05, 4.69) is 4.90 Å². The molecule has 2 saturated heterocycles. The Balaban J connectivity index is 1.42. The van der Waals surface area contributed by atoms with Crippen LogP contribution in [0.1, 0.15) is 16.8 Å². The first-order valence-electron chi connectivity index (χ1n) is 11.5. The molecule has 1 aromatic heterocycles. The summed E-state index contributed by atoms with van der Waals surface area (Å²) in [6.07, 6.45) is 2.47. The molecule has 0 radical (unpaired) electrons. The molecule has 9 heteroatoms. The molecule has 0 unspecified atom stereocenters. The van der Waals surface area contributed by atoms with E-state index in [9.17, 15) is 13.2 Å². The third-order valence-corrected chi connectivity index (χ3v) is 8.40. The molecule has 178 valence electrons. The van der Waals surface area contributed by atoms with Crippen LogP contribution < -0.4 is 4.74 Å². The molecule has 1 atom stereocenters. The van der Waals surface area contributed by atoms with Crippen LogP contribution in [0.4, 0.5) is 0 Å². The van der Waals surface area contributed by atoms with E-state index in [1.807, 2.05) is 59.5 Å². The summed E-state index contributed by atoms with van der Waals surface area (Å²) in [5.41, 5.74) is 2.73. The summed E-state index contributed by atoms with van der Waals surface area (Å²) in [6.45, 7) is 2.44. The summed E-state index contributed by atoms with van der Waals surface area (Å²) in [5, 5.41) is 4.78. The number of carbonyl (C=O) groups is 1. The highest BCUT2D eigenvalue weighted by Crippen LogP contribution is 2.32. The Morgan fingerprint density at radius 1 is 1.00 bits per heavy atom. The lowest BCUT2D eigenvalue weighted by Crippen LogP contribution is -2.52. The number of sulfone groups is 1. The molecular formula is C25H28N4O4S. The molecule has 2 fully saturated rings. The fourth-order valence-corrected chi connectivity index (χ4v) is 6.57. The van der Waals surface area contributed by atoms with Crippen LogP contribution in [-0.2, 0) is 9.84 Å². The summed E-state index contributed by atoms with van der Waals surface area (Å²) in [6, 6.07) is 17.3. The zero-order valence-electron chi connectivity index (χ0n) is 19.1. The fourth-order valence-electron chi connectivity index (χ4n) is 4.81. The van der Waals surface area contributed by atoms with Crippen molar-refractivity contribution in [1.82, 2.24) is 19.6 Å². The average Bonchev–Trinajstić information content (AvgIpc) is 3.48. The van der Waals surface area contributed by atoms with Gasteiger partial charge in [-0.1, -0.05) is 30.3 Å². The first-order chi connectivity index (χ1) is 16.4. The Hall–Kier alpha value is -3.17. The minimum Gasteiger partial charge on any atom is -0.496 e. The molecule has 2 aliphatic heterocycles. The lowest BCUT2D eigenvalue weighted by atomic mass is 10.1. The monoisotopic (exact) mass is 480 g/mol. The largest absolute Gasteiger partial charge is 0.496 e. The molecule has 1 amide bonds. The maximum Gasteiger partial charge on any atom is 0.257 e. The Kier molecular flexibility index (Phi) is 6.14. The normalized spacial score (nSPS) is 20.4. The Morgan fingerprint density at radius 2 is 1.71 bits per heavy atom. The van der Waals surface area contributed by atoms with Crippen LogP contribution in [0, 0.1) is 0 Å². The van der Waals surface area contributed by atoms with E-state index in [1.54, 1.807) is 18.0 Å². The van der Waals surface area contributed by atoms with Crippen molar-refractivity contribution in [1.29, 1.82) is 0 Å². The number of methoxy groups -OCH3 is 1. The fraction of sp³-hybridized carbons (Fsp3) is 0.360. The third-order valence-electron chi connectivity index (χ3n) is 6.65. The van der Waals surface area contributed by atoms with E-state index in [1.165, 1.54) is 0 Å². The van der Waals surface area contributed by atoms with E-state index in [4.69, 9.17) is 9.84 Å². The van der Waals surface area contributed by atoms with E-state index in [0.29, 0.717) is 49.6 Å². The van der Waals surface area contributed by atoms with Crippen molar-refractivity contribution in [2.24, 2.45) is 0 Å². The first kappa shape index (κ1) is 22.6. The van der Waals surface area contributed by atoms with Gasteiger partial charge in [-0.25, -0.2) is 13.1 Å². The second-order valence-corrected chi connectivity index (χ2v) is 11.0. The molecule has 5 rings (SSSR count). The molecule has 2 aromatic carbocycles. The highest BCUT2D eigenvalue weighted by molar-refractivity contribution is 7.91. The van der Waals surface area contributed by atoms with Crippen LogP contribution in [0.25, 0.3) is 16.9 Å². The number of rotatable bonds is 5. The zero-order valence-corrected chi connectivity index (χ0v) is 19.9. The molecule has 0 spiro atoms. The molecule has 34 heavy (non-hydrogen) atoms. The SMILES string of the molecule is COc1ccccc1-c1nn(-c2ccccc2)cc1C(=O)N1CCN([C@@H]2CCS(=O)(=O)C2)CC1. The summed E-state index contributed by atoms with van der Waals surface area (Å²) in [7, 11) is -1.32. The van der Waals surface area contributed by atoms with Crippen LogP contribution in [0.2, 0.25) is 0 Å². The van der Waals surface area contributed by atoms with Gasteiger partial charge in [0.2, 0.25) is 0 Å². The van der Waals surface area contributed by atoms with Crippen LogP contribution in [0.5, 0.6) is 5.75 Å². The van der Waals surface area contributed by atoms with Crippen molar-refractivity contribution >= 4 is 15.7 Å². The van der Waals surface area contributed by atoms with Gasteiger partial charge < -0.3 is 9.64 Å². The maximum atomic E-state index is 13.7. The van der Waals surface area contributed by atoms with Crippen molar-refractivity contribution in [3.8, 4) is 22.7 Å². The van der Waals surface area contributed by atoms with E-state index in [-0.39, 0.29) is 23.5 Å². The van der Waals surface area contributed by atoms with Gasteiger partial charge in [-0.2, -0.15) is 5.10 Å². The van der Waals surface area contributed by atoms with E-state index in [0.717, 1.165) is 11.3 Å². The van der Waals surface area contributed by atoms with Gasteiger partial charge in [-0.3, -0.25) is 9.69 Å². The zero-order chi connectivity index (χ0) is 23.7. The average molecular weight is 481 g/mol. The molecule has 0 aliphatic carbocycles. The van der Waals surface area contributed by atoms with Crippen LogP contribution in [-0.4, -0.2) is 84.7 Å². The molecule has 2 aliphatic rings. The number of amides is 1. The van der Waals surface area contributed by atoms with Crippen molar-refractivity contribution < 1.29 is 17.9 Å². The van der Waals surface area contributed by atoms with Gasteiger partial charge >= 0.3 is 0 Å². The van der Waals surface area contributed by atoms with Gasteiger partial charge in [0.25, 0.3) is 5.91 Å². The minimum absolute atomic E-state index is 0.0622. The predicted octanol–water partition coefficient (Wildman–Crippen LogP) is 2.49. The number of hydrogen-bond acceptors (Lipinski definition) is 6. The lowest BCUT2D eigenvalue weighted by molar-refractivity contribution is 0.0588. The number of benzene rings is 2. The third kappa shape index (κ3) is 4.45. The summed E-state index contributed by atoms with van der Waals surface area (Å²) < 4.78 is 31.0. The van der Waals surface area contributed by atoms with Gasteiger partial charge in [0, 0.05) is 44.0 Å². The first-order valence-corrected chi connectivity index (χ1v) is 13.3. The highest BCUT2D eigenvalue weighted by Gasteiger charge is 2.35. The smallest absolute Gasteiger partial charge is 0.257 e. The number of aromatic nitrogens is 2. The van der Waals surface area contributed by atoms with Gasteiger partial charge in [0.05, 0.1) is 29.9 Å². The topological polar surface area (TPSA) is 84.7 Å². The van der Waals surface area contributed by atoms with Crippen molar-refractivity contribution in [3.05, 3.63) is 66.4 Å². The van der Waals surface area contributed by atoms with Crippen LogP contribution >= 0.6 is 0 Å².